The molecule has 0 fully saturated rings. The van der Waals surface area contributed by atoms with Crippen molar-refractivity contribution in [3.8, 4) is 0 Å². The summed E-state index contributed by atoms with van der Waals surface area (Å²) in [4.78, 5) is 40.0. The molecule has 3 rings (SSSR count). The van der Waals surface area contributed by atoms with Gasteiger partial charge in [0.25, 0.3) is 5.91 Å². The number of Topliss-reactive ketones (excluding diaryl/α,β-unsaturated/α-hetero) is 1. The molecule has 0 spiro atoms. The van der Waals surface area contributed by atoms with Gasteiger partial charge in [0.05, 0.1) is 11.7 Å². The van der Waals surface area contributed by atoms with Gasteiger partial charge in [0.2, 0.25) is 0 Å². The monoisotopic (exact) mass is 465 g/mol. The van der Waals surface area contributed by atoms with E-state index in [0.29, 0.717) is 30.8 Å². The molecule has 2 unspecified atom stereocenters. The predicted molar refractivity (Wildman–Crippen MR) is 135 cm³/mol. The molecular formula is C28H39N3O3. The van der Waals surface area contributed by atoms with Gasteiger partial charge in [0, 0.05) is 19.0 Å². The molecule has 0 aliphatic carbocycles. The van der Waals surface area contributed by atoms with Crippen LogP contribution < -0.4 is 10.6 Å². The first-order valence-corrected chi connectivity index (χ1v) is 12.9. The van der Waals surface area contributed by atoms with Gasteiger partial charge in [-0.2, -0.15) is 0 Å². The predicted octanol–water partition coefficient (Wildman–Crippen LogP) is 5.00. The lowest BCUT2D eigenvalue weighted by Gasteiger charge is -2.22. The summed E-state index contributed by atoms with van der Waals surface area (Å²) in [5, 5.41) is 6.45. The molecule has 2 atom stereocenters. The van der Waals surface area contributed by atoms with Crippen LogP contribution in [0.1, 0.15) is 97.2 Å². The van der Waals surface area contributed by atoms with Crippen LogP contribution in [0.3, 0.4) is 0 Å². The Kier molecular flexibility index (Phi) is 11.0. The highest BCUT2D eigenvalue weighted by Crippen LogP contribution is 2.15. The van der Waals surface area contributed by atoms with E-state index in [0.717, 1.165) is 44.0 Å². The van der Waals surface area contributed by atoms with Crippen molar-refractivity contribution >= 4 is 18.0 Å². The highest BCUT2D eigenvalue weighted by Gasteiger charge is 2.18. The number of H-pyrrole nitrogens is 1. The average molecular weight is 466 g/mol. The minimum absolute atomic E-state index is 0.0631. The van der Waals surface area contributed by atoms with Gasteiger partial charge < -0.3 is 20.4 Å². The zero-order valence-corrected chi connectivity index (χ0v) is 20.2. The number of amides is 1. The Morgan fingerprint density at radius 2 is 1.50 bits per heavy atom. The lowest BCUT2D eigenvalue weighted by Crippen LogP contribution is -2.46. The molecule has 3 N–H and O–H groups in total. The second kappa shape index (κ2) is 14.5. The van der Waals surface area contributed by atoms with Crippen LogP contribution in [0, 0.1) is 0 Å². The van der Waals surface area contributed by atoms with Crippen LogP contribution in [0.5, 0.6) is 0 Å². The van der Waals surface area contributed by atoms with Crippen molar-refractivity contribution in [2.45, 2.75) is 89.1 Å². The number of hydrogen-bond donors (Lipinski definition) is 3. The van der Waals surface area contributed by atoms with Gasteiger partial charge in [-0.05, 0) is 37.0 Å². The zero-order chi connectivity index (χ0) is 24.0. The normalized spacial score (nSPS) is 20.1. The molecule has 184 valence electrons. The maximum Gasteiger partial charge on any atom is 0.267 e. The second-order valence-corrected chi connectivity index (χ2v) is 9.44. The molecule has 1 aliphatic heterocycles. The summed E-state index contributed by atoms with van der Waals surface area (Å²) in [6, 6.07) is 12.9. The molecule has 34 heavy (non-hydrogen) atoms. The Labute approximate surface area is 203 Å². The van der Waals surface area contributed by atoms with Crippen molar-refractivity contribution in [2.75, 3.05) is 6.54 Å². The molecule has 6 heteroatoms. The first-order valence-electron chi connectivity index (χ1n) is 12.9. The lowest BCUT2D eigenvalue weighted by atomic mass is 10.0. The summed E-state index contributed by atoms with van der Waals surface area (Å²) in [5.74, 6) is -0.147. The van der Waals surface area contributed by atoms with Gasteiger partial charge in [-0.25, -0.2) is 0 Å². The number of aromatic nitrogens is 1. The van der Waals surface area contributed by atoms with E-state index >= 15 is 0 Å². The van der Waals surface area contributed by atoms with Crippen molar-refractivity contribution in [3.05, 3.63) is 59.4 Å². The third-order valence-corrected chi connectivity index (χ3v) is 6.61. The van der Waals surface area contributed by atoms with Crippen molar-refractivity contribution in [1.29, 1.82) is 0 Å². The molecule has 0 radical (unpaired) electrons. The van der Waals surface area contributed by atoms with Gasteiger partial charge in [-0.15, -0.1) is 0 Å². The molecule has 1 amide bonds. The van der Waals surface area contributed by atoms with Gasteiger partial charge in [0.1, 0.15) is 12.0 Å². The number of aldehydes is 1. The third-order valence-electron chi connectivity index (χ3n) is 6.61. The van der Waals surface area contributed by atoms with Crippen LogP contribution in [-0.4, -0.2) is 41.6 Å². The standard InChI is InChI=1S/C28H39N3O3/c32-21-24(19-22-13-9-8-10-14-22)29-20-23-15-11-6-4-2-1-3-5-7-12-16-27(33)25-17-18-26(31-25)28(34)30-23/h8-10,13-14,17-18,21,23-24,29,31H,1-7,11-12,15-16,19-20H2,(H,30,34). The molecule has 6 nitrogen and oxygen atoms in total. The Morgan fingerprint density at radius 1 is 0.853 bits per heavy atom. The maximum absolute atomic E-state index is 12.9. The average Bonchev–Trinajstić information content (AvgIpc) is 3.35. The number of nitrogens with one attached hydrogen (secondary N) is 3. The Hall–Kier alpha value is -2.73. The third kappa shape index (κ3) is 8.90. The smallest absolute Gasteiger partial charge is 0.267 e. The van der Waals surface area contributed by atoms with E-state index in [-0.39, 0.29) is 23.8 Å². The first-order chi connectivity index (χ1) is 16.7. The Balaban J connectivity index is 1.62. The van der Waals surface area contributed by atoms with E-state index < -0.39 is 0 Å². The molecule has 1 aliphatic rings. The van der Waals surface area contributed by atoms with Crippen LogP contribution >= 0.6 is 0 Å². The first kappa shape index (κ1) is 25.9. The summed E-state index contributed by atoms with van der Waals surface area (Å²) in [7, 11) is 0. The molecule has 2 heterocycles. The van der Waals surface area contributed by atoms with Crippen molar-refractivity contribution in [3.63, 3.8) is 0 Å². The summed E-state index contributed by atoms with van der Waals surface area (Å²) in [6.07, 6.45) is 13.2. The topological polar surface area (TPSA) is 91.1 Å². The SMILES string of the molecule is O=CC(Cc1ccccc1)NCC1CCCCCCCCCCCC(=O)c2ccc([nH]2)C(=O)N1. The molecular weight excluding hydrogens is 426 g/mol. The van der Waals surface area contributed by atoms with E-state index in [9.17, 15) is 14.4 Å². The van der Waals surface area contributed by atoms with Crippen LogP contribution in [0.15, 0.2) is 42.5 Å². The van der Waals surface area contributed by atoms with E-state index in [4.69, 9.17) is 0 Å². The fraction of sp³-hybridized carbons (Fsp3) is 0.536. The molecule has 1 aromatic carbocycles. The van der Waals surface area contributed by atoms with Crippen LogP contribution in [0.25, 0.3) is 0 Å². The summed E-state index contributed by atoms with van der Waals surface area (Å²) in [5.41, 5.74) is 2.01. The second-order valence-electron chi connectivity index (χ2n) is 9.44. The lowest BCUT2D eigenvalue weighted by molar-refractivity contribution is -0.109. The highest BCUT2D eigenvalue weighted by molar-refractivity contribution is 5.98. The van der Waals surface area contributed by atoms with Crippen molar-refractivity contribution < 1.29 is 14.4 Å². The minimum atomic E-state index is -0.304. The Morgan fingerprint density at radius 3 is 2.21 bits per heavy atom. The molecule has 2 bridgehead atoms. The van der Waals surface area contributed by atoms with E-state index in [1.54, 1.807) is 12.1 Å². The largest absolute Gasteiger partial charge is 0.348 e. The van der Waals surface area contributed by atoms with Gasteiger partial charge in [0.15, 0.2) is 5.78 Å². The van der Waals surface area contributed by atoms with Crippen molar-refractivity contribution in [2.24, 2.45) is 0 Å². The quantitative estimate of drug-likeness (QED) is 0.524. The number of fused-ring (bicyclic) bond motifs is 2. The molecule has 0 saturated carbocycles. The van der Waals surface area contributed by atoms with E-state index in [1.807, 2.05) is 30.3 Å². The molecule has 2 aromatic rings. The van der Waals surface area contributed by atoms with Gasteiger partial charge >= 0.3 is 0 Å². The maximum atomic E-state index is 12.9. The number of aromatic amines is 1. The zero-order valence-electron chi connectivity index (χ0n) is 20.2. The van der Waals surface area contributed by atoms with Crippen LogP contribution in [-0.2, 0) is 11.2 Å². The number of hydrogen-bond acceptors (Lipinski definition) is 4. The van der Waals surface area contributed by atoms with Crippen LogP contribution in [0.4, 0.5) is 0 Å². The number of carbonyl (C=O) groups excluding carboxylic acids is 3. The van der Waals surface area contributed by atoms with Crippen molar-refractivity contribution in [1.82, 2.24) is 15.6 Å². The summed E-state index contributed by atoms with van der Waals surface area (Å²) < 4.78 is 0. The number of benzene rings is 1. The summed E-state index contributed by atoms with van der Waals surface area (Å²) >= 11 is 0. The summed E-state index contributed by atoms with van der Waals surface area (Å²) in [6.45, 7) is 0.522. The molecule has 1 aromatic heterocycles. The highest BCUT2D eigenvalue weighted by atomic mass is 16.2. The van der Waals surface area contributed by atoms with Gasteiger partial charge in [-0.1, -0.05) is 81.7 Å². The number of carbonyl (C=O) groups is 3. The van der Waals surface area contributed by atoms with E-state index in [1.165, 1.54) is 32.1 Å². The van der Waals surface area contributed by atoms with Crippen LogP contribution in [0.2, 0.25) is 0 Å². The Bertz CT molecular complexity index is 893. The minimum Gasteiger partial charge on any atom is -0.348 e. The molecule has 0 saturated heterocycles. The fourth-order valence-corrected chi connectivity index (χ4v) is 4.56. The van der Waals surface area contributed by atoms with Gasteiger partial charge in [-0.3, -0.25) is 9.59 Å². The number of rotatable bonds is 6. The number of ketones is 1. The van der Waals surface area contributed by atoms with E-state index in [2.05, 4.69) is 15.6 Å². The fourth-order valence-electron chi connectivity index (χ4n) is 4.56.